The summed E-state index contributed by atoms with van der Waals surface area (Å²) in [7, 11) is 0. The maximum atomic E-state index is 12.0. The van der Waals surface area contributed by atoms with Gasteiger partial charge < -0.3 is 15.1 Å². The van der Waals surface area contributed by atoms with Crippen LogP contribution in [-0.4, -0.2) is 72.3 Å². The van der Waals surface area contributed by atoms with Crippen LogP contribution >= 0.6 is 11.3 Å². The average molecular weight is 438 g/mol. The second-order valence-electron chi connectivity index (χ2n) is 8.70. The van der Waals surface area contributed by atoms with Crippen molar-refractivity contribution < 1.29 is 4.79 Å². The van der Waals surface area contributed by atoms with Crippen LogP contribution in [-0.2, 0) is 4.79 Å². The number of aryl methyl sites for hydroxylation is 1. The number of amides is 1. The van der Waals surface area contributed by atoms with E-state index in [0.29, 0.717) is 5.91 Å². The van der Waals surface area contributed by atoms with Crippen LogP contribution in [0.4, 0.5) is 16.4 Å². The van der Waals surface area contributed by atoms with Crippen LogP contribution < -0.4 is 5.32 Å². The first-order valence-electron chi connectivity index (χ1n) is 11.5. The molecule has 0 radical (unpaired) electrons. The average Bonchev–Trinajstić information content (AvgIpc) is 3.07. The summed E-state index contributed by atoms with van der Waals surface area (Å²) in [6.45, 7) is 9.14. The molecule has 0 atom stereocenters. The molecule has 4 heterocycles. The van der Waals surface area contributed by atoms with E-state index in [9.17, 15) is 4.79 Å². The number of carbonyl (C=O) groups excluding carboxylic acids is 1. The van der Waals surface area contributed by atoms with E-state index in [4.69, 9.17) is 4.99 Å². The largest absolute Gasteiger partial charge is 0.353 e. The normalized spacial score (nSPS) is 19.4. The molecule has 7 heteroatoms. The highest BCUT2D eigenvalue weighted by molar-refractivity contribution is 7.16. The molecule has 1 aromatic carbocycles. The first-order chi connectivity index (χ1) is 15.2. The van der Waals surface area contributed by atoms with Crippen LogP contribution in [0.3, 0.4) is 0 Å². The second kappa shape index (κ2) is 9.01. The van der Waals surface area contributed by atoms with Crippen LogP contribution in [0.25, 0.3) is 0 Å². The van der Waals surface area contributed by atoms with Gasteiger partial charge in [0.15, 0.2) is 0 Å². The number of hydrogen-bond donors (Lipinski definition) is 1. The van der Waals surface area contributed by atoms with Crippen LogP contribution in [0.1, 0.15) is 36.1 Å². The molecule has 1 amide bonds. The van der Waals surface area contributed by atoms with Gasteiger partial charge in [0, 0.05) is 50.6 Å². The van der Waals surface area contributed by atoms with Crippen molar-refractivity contribution in [3.8, 4) is 0 Å². The van der Waals surface area contributed by atoms with Crippen molar-refractivity contribution >= 4 is 39.5 Å². The molecule has 0 saturated carbocycles. The molecule has 31 heavy (non-hydrogen) atoms. The Labute approximate surface area is 188 Å². The summed E-state index contributed by atoms with van der Waals surface area (Å²) < 4.78 is 0. The lowest BCUT2D eigenvalue weighted by molar-refractivity contribution is -0.133. The van der Waals surface area contributed by atoms with E-state index in [-0.39, 0.29) is 0 Å². The van der Waals surface area contributed by atoms with E-state index in [1.165, 1.54) is 15.4 Å². The van der Waals surface area contributed by atoms with Gasteiger partial charge in [-0.05, 0) is 50.9 Å². The van der Waals surface area contributed by atoms with Crippen molar-refractivity contribution in [1.82, 2.24) is 14.7 Å². The Hall–Kier alpha value is -2.38. The molecule has 5 rings (SSSR count). The fourth-order valence-corrected chi connectivity index (χ4v) is 5.67. The topological polar surface area (TPSA) is 51.2 Å². The van der Waals surface area contributed by atoms with Gasteiger partial charge in [-0.1, -0.05) is 12.1 Å². The number of thiophene rings is 1. The van der Waals surface area contributed by atoms with E-state index in [1.807, 2.05) is 0 Å². The molecule has 2 fully saturated rings. The highest BCUT2D eigenvalue weighted by atomic mass is 32.1. The molecule has 0 spiro atoms. The van der Waals surface area contributed by atoms with Crippen molar-refractivity contribution in [2.24, 2.45) is 4.99 Å². The molecule has 2 saturated heterocycles. The summed E-state index contributed by atoms with van der Waals surface area (Å²) in [4.78, 5) is 25.4. The van der Waals surface area contributed by atoms with Crippen LogP contribution in [0.15, 0.2) is 35.3 Å². The molecule has 6 nitrogen and oxygen atoms in total. The fraction of sp³-hybridized carbons (Fsp3) is 0.500. The molecule has 0 unspecified atom stereocenters. The number of para-hydroxylation sites is 2. The molecule has 0 aliphatic carbocycles. The van der Waals surface area contributed by atoms with Gasteiger partial charge in [0.1, 0.15) is 10.8 Å². The third-order valence-electron chi connectivity index (χ3n) is 6.47. The number of fused-ring (bicyclic) bond motifs is 2. The zero-order valence-corrected chi connectivity index (χ0v) is 19.1. The molecule has 0 bridgehead atoms. The van der Waals surface area contributed by atoms with Gasteiger partial charge in [-0.15, -0.1) is 11.3 Å². The number of piperazine rings is 1. The quantitative estimate of drug-likeness (QED) is 0.778. The van der Waals surface area contributed by atoms with Gasteiger partial charge in [0.25, 0.3) is 0 Å². The van der Waals surface area contributed by atoms with Crippen molar-refractivity contribution in [1.29, 1.82) is 0 Å². The van der Waals surface area contributed by atoms with Crippen LogP contribution in [0.5, 0.6) is 0 Å². The number of carbonyl (C=O) groups is 1. The summed E-state index contributed by atoms with van der Waals surface area (Å²) in [6.07, 6.45) is 4.03. The third-order valence-corrected chi connectivity index (χ3v) is 7.44. The zero-order chi connectivity index (χ0) is 21.2. The summed E-state index contributed by atoms with van der Waals surface area (Å²) in [5.74, 6) is 1.44. The molecular weight excluding hydrogens is 406 g/mol. The lowest BCUT2D eigenvalue weighted by Crippen LogP contribution is -2.49. The van der Waals surface area contributed by atoms with E-state index < -0.39 is 0 Å². The molecule has 164 valence electrons. The van der Waals surface area contributed by atoms with Crippen LogP contribution in [0.2, 0.25) is 0 Å². The first-order valence-corrected chi connectivity index (χ1v) is 12.3. The van der Waals surface area contributed by atoms with E-state index in [2.05, 4.69) is 57.3 Å². The van der Waals surface area contributed by atoms with Gasteiger partial charge in [-0.25, -0.2) is 4.99 Å². The second-order valence-corrected chi connectivity index (χ2v) is 9.95. The number of piperidine rings is 1. The summed E-state index contributed by atoms with van der Waals surface area (Å²) in [5, 5.41) is 4.79. The molecule has 3 aliphatic rings. The van der Waals surface area contributed by atoms with E-state index in [0.717, 1.165) is 88.7 Å². The number of amidine groups is 1. The van der Waals surface area contributed by atoms with Gasteiger partial charge in [-0.2, -0.15) is 0 Å². The predicted molar refractivity (Wildman–Crippen MR) is 128 cm³/mol. The highest BCUT2D eigenvalue weighted by Gasteiger charge is 2.26. The number of aliphatic imine (C=N–C) groups is 1. The molecular formula is C24H31N5OS. The zero-order valence-electron chi connectivity index (χ0n) is 18.3. The summed E-state index contributed by atoms with van der Waals surface area (Å²) in [6, 6.07) is 10.6. The Morgan fingerprint density at radius 2 is 1.90 bits per heavy atom. The predicted octanol–water partition coefficient (Wildman–Crippen LogP) is 4.21. The standard InChI is InChI=1S/C24H31N5OS/c1-18-17-19-23(25-20-7-2-3-8-21(20)26-24(19)31-18)29-15-13-27(14-16-29)10-6-12-28-11-5-4-9-22(28)30/h2-3,7-8,17,26H,4-6,9-16H2,1H3. The minimum absolute atomic E-state index is 0.346. The molecule has 2 aromatic rings. The molecule has 1 aromatic heterocycles. The third kappa shape index (κ3) is 4.48. The van der Waals surface area contributed by atoms with Crippen LogP contribution in [0, 0.1) is 6.92 Å². The monoisotopic (exact) mass is 437 g/mol. The minimum Gasteiger partial charge on any atom is -0.353 e. The number of anilines is 2. The van der Waals surface area contributed by atoms with Gasteiger partial charge in [0.05, 0.1) is 16.9 Å². The summed E-state index contributed by atoms with van der Waals surface area (Å²) in [5.41, 5.74) is 3.30. The Balaban J connectivity index is 1.22. The van der Waals surface area contributed by atoms with Crippen molar-refractivity contribution in [2.75, 3.05) is 51.1 Å². The number of likely N-dealkylation sites (tertiary alicyclic amines) is 1. The Kier molecular flexibility index (Phi) is 5.96. The lowest BCUT2D eigenvalue weighted by Gasteiger charge is -2.37. The number of nitrogens with one attached hydrogen (secondary N) is 1. The Morgan fingerprint density at radius 1 is 1.06 bits per heavy atom. The molecule has 1 N–H and O–H groups in total. The van der Waals surface area contributed by atoms with Crippen molar-refractivity contribution in [3.05, 3.63) is 40.8 Å². The minimum atomic E-state index is 0.346. The van der Waals surface area contributed by atoms with Crippen molar-refractivity contribution in [3.63, 3.8) is 0 Å². The highest BCUT2D eigenvalue weighted by Crippen LogP contribution is 2.39. The van der Waals surface area contributed by atoms with Crippen molar-refractivity contribution in [2.45, 2.75) is 32.6 Å². The number of nitrogens with zero attached hydrogens (tertiary/aromatic N) is 4. The first kappa shape index (κ1) is 20.5. The van der Waals surface area contributed by atoms with E-state index in [1.54, 1.807) is 11.3 Å². The number of hydrogen-bond acceptors (Lipinski definition) is 6. The van der Waals surface area contributed by atoms with Gasteiger partial charge in [-0.3, -0.25) is 9.69 Å². The number of rotatable bonds is 4. The SMILES string of the molecule is Cc1cc2c(s1)Nc1ccccc1N=C2N1CCN(CCCN2CCCCC2=O)CC1. The maximum Gasteiger partial charge on any atom is 0.222 e. The Morgan fingerprint density at radius 3 is 2.74 bits per heavy atom. The summed E-state index contributed by atoms with van der Waals surface area (Å²) >= 11 is 1.80. The molecule has 3 aliphatic heterocycles. The fourth-order valence-electron chi connectivity index (χ4n) is 4.75. The maximum absolute atomic E-state index is 12.0. The van der Waals surface area contributed by atoms with Gasteiger partial charge >= 0.3 is 0 Å². The number of benzene rings is 1. The van der Waals surface area contributed by atoms with Gasteiger partial charge in [0.2, 0.25) is 5.91 Å². The van der Waals surface area contributed by atoms with E-state index >= 15 is 0 Å². The smallest absolute Gasteiger partial charge is 0.222 e. The Bertz CT molecular complexity index is 976. The lowest BCUT2D eigenvalue weighted by atomic mass is 10.1.